The van der Waals surface area contributed by atoms with Gasteiger partial charge in [-0.1, -0.05) is 0 Å². The zero-order valence-corrected chi connectivity index (χ0v) is 9.02. The van der Waals surface area contributed by atoms with Crippen LogP contribution in [0.4, 0.5) is 0 Å². The Morgan fingerprint density at radius 1 is 1.50 bits per heavy atom. The zero-order chi connectivity index (χ0) is 12.3. The van der Waals surface area contributed by atoms with E-state index in [2.05, 4.69) is 5.32 Å². The molecule has 7 heteroatoms. The van der Waals surface area contributed by atoms with Crippen molar-refractivity contribution in [1.82, 2.24) is 10.2 Å². The average Bonchev–Trinajstić information content (AvgIpc) is 2.59. The largest absolute Gasteiger partial charge is 0.480 e. The van der Waals surface area contributed by atoms with Crippen LogP contribution in [0.2, 0.25) is 0 Å². The molecule has 0 aromatic heterocycles. The second kappa shape index (κ2) is 4.48. The van der Waals surface area contributed by atoms with E-state index in [0.717, 1.165) is 0 Å². The molecule has 0 radical (unpaired) electrons. The fourth-order valence-electron chi connectivity index (χ4n) is 1.53. The average molecular weight is 229 g/mol. The highest BCUT2D eigenvalue weighted by Crippen LogP contribution is 2.18. The van der Waals surface area contributed by atoms with Gasteiger partial charge in [-0.2, -0.15) is 0 Å². The Kier molecular flexibility index (Phi) is 3.48. The van der Waals surface area contributed by atoms with Crippen molar-refractivity contribution in [1.29, 1.82) is 0 Å². The van der Waals surface area contributed by atoms with E-state index in [0.29, 0.717) is 6.54 Å². The molecule has 0 saturated carbocycles. The summed E-state index contributed by atoms with van der Waals surface area (Å²) in [6, 6.07) is 0. The summed E-state index contributed by atoms with van der Waals surface area (Å²) in [6.45, 7) is 1.48. The standard InChI is InChI=1S/C9H15N3O4/c1-6(13)11-4-7(14)12-3-2-9(10,5-12)8(15)16/h2-5,10H2,1H3,(H,11,13)(H,15,16). The molecule has 0 aromatic carbocycles. The molecule has 1 aliphatic rings. The molecule has 4 N–H and O–H groups in total. The van der Waals surface area contributed by atoms with Gasteiger partial charge in [0.1, 0.15) is 5.54 Å². The second-order valence-electron chi connectivity index (χ2n) is 3.94. The first-order valence-electron chi connectivity index (χ1n) is 4.89. The van der Waals surface area contributed by atoms with Crippen LogP contribution in [0.15, 0.2) is 0 Å². The molecule has 90 valence electrons. The molecule has 7 nitrogen and oxygen atoms in total. The Bertz CT molecular complexity index is 331. The smallest absolute Gasteiger partial charge is 0.325 e. The quantitative estimate of drug-likeness (QED) is 0.525. The van der Waals surface area contributed by atoms with Gasteiger partial charge in [-0.15, -0.1) is 0 Å². The molecule has 1 heterocycles. The topological polar surface area (TPSA) is 113 Å². The molecular weight excluding hydrogens is 214 g/mol. The maximum Gasteiger partial charge on any atom is 0.325 e. The van der Waals surface area contributed by atoms with Gasteiger partial charge < -0.3 is 21.1 Å². The fourth-order valence-corrected chi connectivity index (χ4v) is 1.53. The highest BCUT2D eigenvalue weighted by molar-refractivity contribution is 5.86. The van der Waals surface area contributed by atoms with Crippen LogP contribution < -0.4 is 11.1 Å². The molecule has 1 rings (SSSR count). The van der Waals surface area contributed by atoms with E-state index in [1.807, 2.05) is 0 Å². The van der Waals surface area contributed by atoms with Crippen molar-refractivity contribution in [3.05, 3.63) is 0 Å². The lowest BCUT2D eigenvalue weighted by Crippen LogP contribution is -2.51. The number of carboxylic acids is 1. The Balaban J connectivity index is 2.50. The Morgan fingerprint density at radius 3 is 2.56 bits per heavy atom. The number of aliphatic carboxylic acids is 1. The fraction of sp³-hybridized carbons (Fsp3) is 0.667. The van der Waals surface area contributed by atoms with Crippen molar-refractivity contribution in [2.75, 3.05) is 19.6 Å². The lowest BCUT2D eigenvalue weighted by Gasteiger charge is -2.20. The van der Waals surface area contributed by atoms with Gasteiger partial charge in [0.25, 0.3) is 0 Å². The van der Waals surface area contributed by atoms with Gasteiger partial charge in [-0.25, -0.2) is 0 Å². The van der Waals surface area contributed by atoms with Gasteiger partial charge >= 0.3 is 5.97 Å². The van der Waals surface area contributed by atoms with Crippen LogP contribution in [0.3, 0.4) is 0 Å². The SMILES string of the molecule is CC(=O)NCC(=O)N1CCC(N)(C(=O)O)C1. The summed E-state index contributed by atoms with van der Waals surface area (Å²) in [5.41, 5.74) is 4.25. The molecular formula is C9H15N3O4. The predicted octanol–water partition coefficient (Wildman–Crippen LogP) is -1.86. The molecule has 0 spiro atoms. The Hall–Kier alpha value is -1.63. The first kappa shape index (κ1) is 12.4. The molecule has 1 atom stereocenters. The molecule has 16 heavy (non-hydrogen) atoms. The van der Waals surface area contributed by atoms with Crippen LogP contribution in [0.25, 0.3) is 0 Å². The van der Waals surface area contributed by atoms with Crippen LogP contribution in [0.1, 0.15) is 13.3 Å². The first-order chi connectivity index (χ1) is 7.35. The third-order valence-corrected chi connectivity index (χ3v) is 2.57. The molecule has 1 saturated heterocycles. The summed E-state index contributed by atoms with van der Waals surface area (Å²) in [7, 11) is 0. The second-order valence-corrected chi connectivity index (χ2v) is 3.94. The predicted molar refractivity (Wildman–Crippen MR) is 54.4 cm³/mol. The summed E-state index contributed by atoms with van der Waals surface area (Å²) in [5.74, 6) is -1.73. The number of rotatable bonds is 3. The van der Waals surface area contributed by atoms with E-state index < -0.39 is 11.5 Å². The van der Waals surface area contributed by atoms with Crippen molar-refractivity contribution < 1.29 is 19.5 Å². The maximum atomic E-state index is 11.5. The van der Waals surface area contributed by atoms with Gasteiger partial charge in [0.15, 0.2) is 0 Å². The number of carbonyl (C=O) groups excluding carboxylic acids is 2. The number of nitrogens with zero attached hydrogens (tertiary/aromatic N) is 1. The van der Waals surface area contributed by atoms with Crippen LogP contribution in [0, 0.1) is 0 Å². The molecule has 1 fully saturated rings. The van der Waals surface area contributed by atoms with E-state index >= 15 is 0 Å². The zero-order valence-electron chi connectivity index (χ0n) is 9.02. The number of nitrogens with one attached hydrogen (secondary N) is 1. The number of likely N-dealkylation sites (tertiary alicyclic amines) is 1. The Labute approximate surface area is 92.6 Å². The minimum atomic E-state index is -1.36. The van der Waals surface area contributed by atoms with Gasteiger partial charge in [0.2, 0.25) is 11.8 Å². The van der Waals surface area contributed by atoms with E-state index in [1.54, 1.807) is 0 Å². The monoisotopic (exact) mass is 229 g/mol. The van der Waals surface area contributed by atoms with Crippen molar-refractivity contribution in [3.63, 3.8) is 0 Å². The Morgan fingerprint density at radius 2 is 2.12 bits per heavy atom. The lowest BCUT2D eigenvalue weighted by atomic mass is 10.0. The number of carboxylic acid groups (broad SMARTS) is 1. The minimum Gasteiger partial charge on any atom is -0.480 e. The van der Waals surface area contributed by atoms with Crippen molar-refractivity contribution in [3.8, 4) is 0 Å². The number of carbonyl (C=O) groups is 3. The van der Waals surface area contributed by atoms with Crippen LogP contribution in [-0.2, 0) is 14.4 Å². The van der Waals surface area contributed by atoms with E-state index in [-0.39, 0.29) is 31.3 Å². The highest BCUT2D eigenvalue weighted by Gasteiger charge is 2.42. The van der Waals surface area contributed by atoms with Gasteiger partial charge in [0, 0.05) is 20.0 Å². The lowest BCUT2D eigenvalue weighted by molar-refractivity contribution is -0.143. The van der Waals surface area contributed by atoms with Gasteiger partial charge in [-0.3, -0.25) is 14.4 Å². The van der Waals surface area contributed by atoms with Crippen molar-refractivity contribution in [2.24, 2.45) is 5.73 Å². The van der Waals surface area contributed by atoms with Crippen LogP contribution >= 0.6 is 0 Å². The van der Waals surface area contributed by atoms with Crippen LogP contribution in [0.5, 0.6) is 0 Å². The number of nitrogens with two attached hydrogens (primary N) is 1. The van der Waals surface area contributed by atoms with E-state index in [1.165, 1.54) is 11.8 Å². The molecule has 0 bridgehead atoms. The minimum absolute atomic E-state index is 0.0131. The van der Waals surface area contributed by atoms with Crippen LogP contribution in [-0.4, -0.2) is 53.0 Å². The van der Waals surface area contributed by atoms with Crippen molar-refractivity contribution in [2.45, 2.75) is 18.9 Å². The summed E-state index contributed by atoms with van der Waals surface area (Å²) in [6.07, 6.45) is 0.230. The summed E-state index contributed by atoms with van der Waals surface area (Å²) in [4.78, 5) is 34.3. The molecule has 0 aliphatic carbocycles. The van der Waals surface area contributed by atoms with E-state index in [4.69, 9.17) is 10.8 Å². The number of hydrogen-bond acceptors (Lipinski definition) is 4. The highest BCUT2D eigenvalue weighted by atomic mass is 16.4. The molecule has 0 aromatic rings. The first-order valence-corrected chi connectivity index (χ1v) is 4.89. The maximum absolute atomic E-state index is 11.5. The third-order valence-electron chi connectivity index (χ3n) is 2.57. The number of hydrogen-bond donors (Lipinski definition) is 3. The van der Waals surface area contributed by atoms with Gasteiger partial charge in [-0.05, 0) is 6.42 Å². The van der Waals surface area contributed by atoms with Crippen molar-refractivity contribution >= 4 is 17.8 Å². The summed E-state index contributed by atoms with van der Waals surface area (Å²) in [5, 5.41) is 11.2. The van der Waals surface area contributed by atoms with E-state index in [9.17, 15) is 14.4 Å². The normalized spacial score (nSPS) is 24.2. The number of amides is 2. The molecule has 2 amide bonds. The summed E-state index contributed by atoms with van der Waals surface area (Å²) < 4.78 is 0. The van der Waals surface area contributed by atoms with Gasteiger partial charge in [0.05, 0.1) is 6.54 Å². The molecule has 1 aliphatic heterocycles. The third kappa shape index (κ3) is 2.69. The summed E-state index contributed by atoms with van der Waals surface area (Å²) >= 11 is 0. The molecule has 1 unspecified atom stereocenters.